The molecule has 17 heavy (non-hydrogen) atoms. The van der Waals surface area contributed by atoms with Gasteiger partial charge in [-0.3, -0.25) is 0 Å². The van der Waals surface area contributed by atoms with Crippen LogP contribution >= 0.6 is 0 Å². The molecule has 0 radical (unpaired) electrons. The summed E-state index contributed by atoms with van der Waals surface area (Å²) in [6.07, 6.45) is 12.6. The van der Waals surface area contributed by atoms with Crippen LogP contribution in [0, 0.1) is 0 Å². The van der Waals surface area contributed by atoms with Crippen LogP contribution in [-0.2, 0) is 4.74 Å². The van der Waals surface area contributed by atoms with Gasteiger partial charge >= 0.3 is 0 Å². The molecule has 1 unspecified atom stereocenters. The lowest BCUT2D eigenvalue weighted by Crippen LogP contribution is -2.32. The van der Waals surface area contributed by atoms with Gasteiger partial charge in [-0.05, 0) is 31.9 Å². The fourth-order valence-corrected chi connectivity index (χ4v) is 2.36. The fourth-order valence-electron chi connectivity index (χ4n) is 2.36. The molecular weight excluding hydrogens is 210 g/mol. The number of hydrogen-bond donors (Lipinski definition) is 1. The summed E-state index contributed by atoms with van der Waals surface area (Å²) in [6, 6.07) is 0.460. The number of nitrogens with one attached hydrogen (secondary N) is 1. The van der Waals surface area contributed by atoms with Gasteiger partial charge in [0.25, 0.3) is 0 Å². The van der Waals surface area contributed by atoms with Crippen LogP contribution < -0.4 is 5.32 Å². The summed E-state index contributed by atoms with van der Waals surface area (Å²) >= 11 is 0. The van der Waals surface area contributed by atoms with Gasteiger partial charge in [0, 0.05) is 0 Å². The van der Waals surface area contributed by atoms with Crippen LogP contribution in [-0.4, -0.2) is 19.2 Å². The standard InChI is InChI=1S/C15H29NO/c1-3-5-6-7-8-11-14(16-4-2)15-12-9-10-13-17-15/h12,14,16H,3-11,13H2,1-2H3. The molecule has 1 rings (SSSR count). The number of rotatable bonds is 9. The lowest BCUT2D eigenvalue weighted by molar-refractivity contribution is 0.164. The minimum absolute atomic E-state index is 0.460. The van der Waals surface area contributed by atoms with E-state index in [2.05, 4.69) is 25.2 Å². The Labute approximate surface area is 107 Å². The second kappa shape index (κ2) is 9.52. The predicted octanol–water partition coefficient (Wildman–Crippen LogP) is 4.02. The van der Waals surface area contributed by atoms with Crippen LogP contribution in [0.15, 0.2) is 11.8 Å². The second-order valence-corrected chi connectivity index (χ2v) is 4.91. The average molecular weight is 239 g/mol. The first-order valence-corrected chi connectivity index (χ1v) is 7.44. The topological polar surface area (TPSA) is 21.3 Å². The Morgan fingerprint density at radius 2 is 2.06 bits per heavy atom. The van der Waals surface area contributed by atoms with Gasteiger partial charge in [-0.2, -0.15) is 0 Å². The quantitative estimate of drug-likeness (QED) is 0.614. The maximum absolute atomic E-state index is 5.77. The lowest BCUT2D eigenvalue weighted by atomic mass is 10.0. The predicted molar refractivity (Wildman–Crippen MR) is 74.1 cm³/mol. The van der Waals surface area contributed by atoms with Gasteiger partial charge in [0.05, 0.1) is 12.6 Å². The number of allylic oxidation sites excluding steroid dienone is 1. The number of likely N-dealkylation sites (N-methyl/N-ethyl adjacent to an activating group) is 1. The Kier molecular flexibility index (Phi) is 8.16. The molecular formula is C15H29NO. The molecule has 1 aliphatic heterocycles. The normalized spacial score (nSPS) is 17.4. The van der Waals surface area contributed by atoms with Crippen molar-refractivity contribution in [1.82, 2.24) is 5.32 Å². The molecule has 1 aliphatic rings. The molecule has 1 atom stereocenters. The van der Waals surface area contributed by atoms with E-state index in [1.807, 2.05) is 0 Å². The first-order chi connectivity index (χ1) is 8.38. The molecule has 0 aromatic heterocycles. The molecule has 0 fully saturated rings. The van der Waals surface area contributed by atoms with Crippen LogP contribution in [0.5, 0.6) is 0 Å². The highest BCUT2D eigenvalue weighted by Crippen LogP contribution is 2.18. The monoisotopic (exact) mass is 239 g/mol. The SMILES string of the molecule is CCCCCCCC(NCC)C1=CCCCO1. The van der Waals surface area contributed by atoms with Gasteiger partial charge in [-0.1, -0.05) is 46.0 Å². The summed E-state index contributed by atoms with van der Waals surface area (Å²) in [6.45, 7) is 6.37. The Bertz CT molecular complexity index is 213. The lowest BCUT2D eigenvalue weighted by Gasteiger charge is -2.24. The molecule has 100 valence electrons. The maximum Gasteiger partial charge on any atom is 0.109 e. The molecule has 1 heterocycles. The van der Waals surface area contributed by atoms with E-state index in [-0.39, 0.29) is 0 Å². The molecule has 1 N–H and O–H groups in total. The van der Waals surface area contributed by atoms with Crippen LogP contribution in [0.3, 0.4) is 0 Å². The first-order valence-electron chi connectivity index (χ1n) is 7.44. The molecule has 0 aliphatic carbocycles. The molecule has 0 bridgehead atoms. The summed E-state index contributed by atoms with van der Waals surface area (Å²) in [5.41, 5.74) is 0. The molecule has 0 aromatic carbocycles. The number of ether oxygens (including phenoxy) is 1. The average Bonchev–Trinajstić information content (AvgIpc) is 2.38. The zero-order valence-electron chi connectivity index (χ0n) is 11.6. The third kappa shape index (κ3) is 6.11. The maximum atomic E-state index is 5.77. The molecule has 0 spiro atoms. The second-order valence-electron chi connectivity index (χ2n) is 4.91. The van der Waals surface area contributed by atoms with E-state index >= 15 is 0 Å². The van der Waals surface area contributed by atoms with Crippen molar-refractivity contribution in [1.29, 1.82) is 0 Å². The van der Waals surface area contributed by atoms with Crippen LogP contribution in [0.2, 0.25) is 0 Å². The van der Waals surface area contributed by atoms with Crippen molar-refractivity contribution in [3.63, 3.8) is 0 Å². The highest BCUT2D eigenvalue weighted by Gasteiger charge is 2.16. The van der Waals surface area contributed by atoms with E-state index in [1.54, 1.807) is 0 Å². The van der Waals surface area contributed by atoms with Gasteiger partial charge in [0.2, 0.25) is 0 Å². The third-order valence-corrected chi connectivity index (χ3v) is 3.35. The van der Waals surface area contributed by atoms with Crippen molar-refractivity contribution in [2.45, 2.75) is 71.3 Å². The van der Waals surface area contributed by atoms with Gasteiger partial charge in [-0.25, -0.2) is 0 Å². The van der Waals surface area contributed by atoms with Crippen molar-refractivity contribution < 1.29 is 4.74 Å². The van der Waals surface area contributed by atoms with E-state index in [9.17, 15) is 0 Å². The fraction of sp³-hybridized carbons (Fsp3) is 0.867. The van der Waals surface area contributed by atoms with Crippen LogP contribution in [0.25, 0.3) is 0 Å². The first kappa shape index (κ1) is 14.6. The zero-order valence-corrected chi connectivity index (χ0v) is 11.6. The molecule has 0 aromatic rings. The summed E-state index contributed by atoms with van der Waals surface area (Å²) in [4.78, 5) is 0. The zero-order chi connectivity index (χ0) is 12.3. The van der Waals surface area contributed by atoms with Gasteiger partial charge < -0.3 is 10.1 Å². The Balaban J connectivity index is 2.24. The van der Waals surface area contributed by atoms with E-state index in [0.717, 1.165) is 13.2 Å². The molecule has 0 saturated carbocycles. The minimum Gasteiger partial charge on any atom is -0.497 e. The third-order valence-electron chi connectivity index (χ3n) is 3.35. The van der Waals surface area contributed by atoms with Gasteiger partial charge in [0.15, 0.2) is 0 Å². The van der Waals surface area contributed by atoms with E-state index in [4.69, 9.17) is 4.74 Å². The number of unbranched alkanes of at least 4 members (excludes halogenated alkanes) is 4. The van der Waals surface area contributed by atoms with Crippen LogP contribution in [0.1, 0.15) is 65.2 Å². The Hall–Kier alpha value is -0.500. The minimum atomic E-state index is 0.460. The van der Waals surface area contributed by atoms with E-state index < -0.39 is 0 Å². The molecule has 0 amide bonds. The van der Waals surface area contributed by atoms with Crippen molar-refractivity contribution in [2.75, 3.05) is 13.2 Å². The number of hydrogen-bond acceptors (Lipinski definition) is 2. The van der Waals surface area contributed by atoms with Gasteiger partial charge in [-0.15, -0.1) is 0 Å². The summed E-state index contributed by atoms with van der Waals surface area (Å²) in [5, 5.41) is 3.55. The van der Waals surface area contributed by atoms with Gasteiger partial charge in [0.1, 0.15) is 5.76 Å². The van der Waals surface area contributed by atoms with Crippen LogP contribution in [0.4, 0.5) is 0 Å². The smallest absolute Gasteiger partial charge is 0.109 e. The van der Waals surface area contributed by atoms with Crippen molar-refractivity contribution >= 4 is 0 Å². The van der Waals surface area contributed by atoms with Crippen molar-refractivity contribution in [3.8, 4) is 0 Å². The van der Waals surface area contributed by atoms with E-state index in [0.29, 0.717) is 6.04 Å². The highest BCUT2D eigenvalue weighted by atomic mass is 16.5. The van der Waals surface area contributed by atoms with Crippen molar-refractivity contribution in [2.24, 2.45) is 0 Å². The highest BCUT2D eigenvalue weighted by molar-refractivity contribution is 5.05. The summed E-state index contributed by atoms with van der Waals surface area (Å²) in [5.74, 6) is 1.20. The van der Waals surface area contributed by atoms with E-state index in [1.165, 1.54) is 57.1 Å². The summed E-state index contributed by atoms with van der Waals surface area (Å²) < 4.78 is 5.77. The summed E-state index contributed by atoms with van der Waals surface area (Å²) in [7, 11) is 0. The largest absolute Gasteiger partial charge is 0.497 e. The Morgan fingerprint density at radius 3 is 2.71 bits per heavy atom. The molecule has 0 saturated heterocycles. The van der Waals surface area contributed by atoms with Crippen molar-refractivity contribution in [3.05, 3.63) is 11.8 Å². The molecule has 2 heteroatoms. The Morgan fingerprint density at radius 1 is 1.24 bits per heavy atom. The molecule has 2 nitrogen and oxygen atoms in total.